The molecule has 1 aromatic carbocycles. The summed E-state index contributed by atoms with van der Waals surface area (Å²) in [6, 6.07) is 7.65. The van der Waals surface area contributed by atoms with Crippen molar-refractivity contribution in [1.82, 2.24) is 4.90 Å². The van der Waals surface area contributed by atoms with Crippen LogP contribution in [0.4, 0.5) is 0 Å². The maximum atomic E-state index is 12.4. The Morgan fingerprint density at radius 3 is 2.74 bits per heavy atom. The second-order valence-electron chi connectivity index (χ2n) is 4.21. The minimum absolute atomic E-state index is 0.0725. The summed E-state index contributed by atoms with van der Waals surface area (Å²) in [6.45, 7) is 3.31. The molecule has 0 fully saturated rings. The second kappa shape index (κ2) is 7.93. The number of rotatable bonds is 6. The molecule has 0 aliphatic heterocycles. The Bertz CT molecular complexity index is 463. The Labute approximate surface area is 122 Å². The average molecular weight is 325 g/mol. The third-order valence-electron chi connectivity index (χ3n) is 2.64. The first-order valence-corrected chi connectivity index (χ1v) is 6.80. The summed E-state index contributed by atoms with van der Waals surface area (Å²) >= 11 is 3.39. The van der Waals surface area contributed by atoms with Crippen LogP contribution in [0.2, 0.25) is 0 Å². The largest absolute Gasteiger partial charge is 0.383 e. The number of methoxy groups -OCH3 is 1. The fraction of sp³-hybridized carbons (Fsp3) is 0.429. The molecule has 0 saturated heterocycles. The Morgan fingerprint density at radius 2 is 2.16 bits per heavy atom. The van der Waals surface area contributed by atoms with Crippen molar-refractivity contribution in [3.8, 4) is 6.07 Å². The van der Waals surface area contributed by atoms with Gasteiger partial charge in [0.2, 0.25) is 0 Å². The van der Waals surface area contributed by atoms with Gasteiger partial charge in [-0.1, -0.05) is 15.9 Å². The van der Waals surface area contributed by atoms with Crippen LogP contribution in [-0.4, -0.2) is 37.6 Å². The molecule has 0 spiro atoms. The van der Waals surface area contributed by atoms with Crippen LogP contribution in [0.1, 0.15) is 22.3 Å². The molecule has 0 N–H and O–H groups in total. The zero-order chi connectivity index (χ0) is 14.3. The fourth-order valence-corrected chi connectivity index (χ4v) is 2.35. The van der Waals surface area contributed by atoms with Crippen LogP contribution in [-0.2, 0) is 4.74 Å². The van der Waals surface area contributed by atoms with Crippen LogP contribution in [0.3, 0.4) is 0 Å². The molecule has 1 aromatic rings. The molecule has 0 unspecified atom stereocenters. The van der Waals surface area contributed by atoms with Gasteiger partial charge in [0.25, 0.3) is 5.91 Å². The number of hydrogen-bond donors (Lipinski definition) is 0. The molecule has 5 heteroatoms. The number of benzene rings is 1. The van der Waals surface area contributed by atoms with Crippen molar-refractivity contribution in [3.05, 3.63) is 33.8 Å². The van der Waals surface area contributed by atoms with Gasteiger partial charge in [-0.15, -0.1) is 0 Å². The summed E-state index contributed by atoms with van der Waals surface area (Å²) in [5, 5.41) is 8.65. The highest BCUT2D eigenvalue weighted by Gasteiger charge is 2.15. The summed E-state index contributed by atoms with van der Waals surface area (Å²) in [4.78, 5) is 14.0. The number of hydrogen-bond acceptors (Lipinski definition) is 3. The van der Waals surface area contributed by atoms with E-state index in [1.165, 1.54) is 0 Å². The van der Waals surface area contributed by atoms with E-state index in [4.69, 9.17) is 10.00 Å². The summed E-state index contributed by atoms with van der Waals surface area (Å²) in [6.07, 6.45) is 0.322. The van der Waals surface area contributed by atoms with E-state index in [0.29, 0.717) is 31.7 Å². The number of ether oxygens (including phenoxy) is 1. The molecule has 1 rings (SSSR count). The lowest BCUT2D eigenvalue weighted by Crippen LogP contribution is -2.34. The van der Waals surface area contributed by atoms with Crippen molar-refractivity contribution in [2.75, 3.05) is 26.8 Å². The van der Waals surface area contributed by atoms with Gasteiger partial charge in [0.05, 0.1) is 19.1 Å². The van der Waals surface area contributed by atoms with Crippen molar-refractivity contribution in [2.24, 2.45) is 0 Å². The number of nitrogens with zero attached hydrogens (tertiary/aromatic N) is 2. The molecule has 0 atom stereocenters. The van der Waals surface area contributed by atoms with Crippen LogP contribution < -0.4 is 0 Å². The van der Waals surface area contributed by atoms with E-state index < -0.39 is 0 Å². The second-order valence-corrected chi connectivity index (χ2v) is 5.13. The Morgan fingerprint density at radius 1 is 1.42 bits per heavy atom. The molecular formula is C14H17BrN2O2. The van der Waals surface area contributed by atoms with Gasteiger partial charge in [-0.25, -0.2) is 0 Å². The van der Waals surface area contributed by atoms with Gasteiger partial charge < -0.3 is 9.64 Å². The SMILES string of the molecule is COCCN(CCC#N)C(=O)c1cc(C)cc(Br)c1. The van der Waals surface area contributed by atoms with Crippen LogP contribution in [0.25, 0.3) is 0 Å². The predicted molar refractivity (Wildman–Crippen MR) is 76.9 cm³/mol. The maximum absolute atomic E-state index is 12.4. The summed E-state index contributed by atoms with van der Waals surface area (Å²) < 4.78 is 5.88. The van der Waals surface area contributed by atoms with Gasteiger partial charge in [0.1, 0.15) is 0 Å². The third kappa shape index (κ3) is 5.01. The average Bonchev–Trinajstić information content (AvgIpc) is 2.37. The number of aryl methyl sites for hydroxylation is 1. The topological polar surface area (TPSA) is 53.3 Å². The lowest BCUT2D eigenvalue weighted by atomic mass is 10.1. The molecule has 0 heterocycles. The summed E-state index contributed by atoms with van der Waals surface area (Å²) in [7, 11) is 1.59. The van der Waals surface area contributed by atoms with E-state index in [9.17, 15) is 4.79 Å². The molecule has 19 heavy (non-hydrogen) atoms. The van der Waals surface area contributed by atoms with Crippen molar-refractivity contribution in [3.63, 3.8) is 0 Å². The van der Waals surface area contributed by atoms with Crippen molar-refractivity contribution < 1.29 is 9.53 Å². The molecule has 102 valence electrons. The zero-order valence-electron chi connectivity index (χ0n) is 11.1. The molecule has 0 aliphatic rings. The van der Waals surface area contributed by atoms with E-state index >= 15 is 0 Å². The van der Waals surface area contributed by atoms with Gasteiger partial charge in [0, 0.05) is 30.2 Å². The quantitative estimate of drug-likeness (QED) is 0.808. The first kappa shape index (κ1) is 15.7. The van der Waals surface area contributed by atoms with E-state index in [2.05, 4.69) is 22.0 Å². The first-order chi connectivity index (χ1) is 9.08. The molecule has 0 saturated carbocycles. The van der Waals surface area contributed by atoms with E-state index in [0.717, 1.165) is 10.0 Å². The van der Waals surface area contributed by atoms with E-state index in [1.54, 1.807) is 18.1 Å². The van der Waals surface area contributed by atoms with Gasteiger partial charge in [-0.05, 0) is 30.7 Å². The molecule has 4 nitrogen and oxygen atoms in total. The lowest BCUT2D eigenvalue weighted by Gasteiger charge is -2.21. The molecule has 0 aromatic heterocycles. The standard InChI is InChI=1S/C14H17BrN2O2/c1-11-8-12(10-13(15)9-11)14(18)17(5-3-4-16)6-7-19-2/h8-10H,3,5-7H2,1-2H3. The third-order valence-corrected chi connectivity index (χ3v) is 3.09. The Kier molecular flexibility index (Phi) is 6.54. The Balaban J connectivity index is 2.87. The lowest BCUT2D eigenvalue weighted by molar-refractivity contribution is 0.0699. The summed E-state index contributed by atoms with van der Waals surface area (Å²) in [5.41, 5.74) is 1.64. The van der Waals surface area contributed by atoms with Crippen molar-refractivity contribution in [1.29, 1.82) is 5.26 Å². The molecule has 0 aliphatic carbocycles. The molecular weight excluding hydrogens is 308 g/mol. The van der Waals surface area contributed by atoms with E-state index in [-0.39, 0.29) is 5.91 Å². The highest BCUT2D eigenvalue weighted by molar-refractivity contribution is 9.10. The summed E-state index contributed by atoms with van der Waals surface area (Å²) in [5.74, 6) is -0.0725. The monoisotopic (exact) mass is 324 g/mol. The Hall–Kier alpha value is -1.38. The van der Waals surface area contributed by atoms with E-state index in [1.807, 2.05) is 19.1 Å². The number of carbonyl (C=O) groups is 1. The van der Waals surface area contributed by atoms with Gasteiger partial charge >= 0.3 is 0 Å². The van der Waals surface area contributed by atoms with Crippen LogP contribution >= 0.6 is 15.9 Å². The normalized spacial score (nSPS) is 10.0. The van der Waals surface area contributed by atoms with Crippen molar-refractivity contribution >= 4 is 21.8 Å². The minimum Gasteiger partial charge on any atom is -0.383 e. The first-order valence-electron chi connectivity index (χ1n) is 6.01. The fourth-order valence-electron chi connectivity index (χ4n) is 1.74. The van der Waals surface area contributed by atoms with Gasteiger partial charge in [-0.3, -0.25) is 4.79 Å². The molecule has 1 amide bonds. The highest BCUT2D eigenvalue weighted by Crippen LogP contribution is 2.17. The zero-order valence-corrected chi connectivity index (χ0v) is 12.7. The van der Waals surface area contributed by atoms with Crippen molar-refractivity contribution in [2.45, 2.75) is 13.3 Å². The van der Waals surface area contributed by atoms with Crippen LogP contribution in [0.15, 0.2) is 22.7 Å². The van der Waals surface area contributed by atoms with Crippen LogP contribution in [0, 0.1) is 18.3 Å². The van der Waals surface area contributed by atoms with Gasteiger partial charge in [0.15, 0.2) is 0 Å². The highest BCUT2D eigenvalue weighted by atomic mass is 79.9. The number of halogens is 1. The smallest absolute Gasteiger partial charge is 0.254 e. The number of amides is 1. The molecule has 0 radical (unpaired) electrons. The maximum Gasteiger partial charge on any atom is 0.254 e. The molecule has 0 bridgehead atoms. The number of nitriles is 1. The van der Waals surface area contributed by atoms with Gasteiger partial charge in [-0.2, -0.15) is 5.26 Å². The number of carbonyl (C=O) groups excluding carboxylic acids is 1. The minimum atomic E-state index is -0.0725. The van der Waals surface area contributed by atoms with Crippen LogP contribution in [0.5, 0.6) is 0 Å². The predicted octanol–water partition coefficient (Wildman–Crippen LogP) is 2.76.